The van der Waals surface area contributed by atoms with Crippen LogP contribution in [0.1, 0.15) is 64.7 Å². The van der Waals surface area contributed by atoms with E-state index in [1.165, 1.54) is 32.1 Å². The highest BCUT2D eigenvalue weighted by Gasteiger charge is 2.59. The van der Waals surface area contributed by atoms with E-state index >= 15 is 0 Å². The quantitative estimate of drug-likeness (QED) is 0.719. The summed E-state index contributed by atoms with van der Waals surface area (Å²) in [5, 5.41) is 12.8. The summed E-state index contributed by atoms with van der Waals surface area (Å²) in [6, 6.07) is 0. The Balaban J connectivity index is 1.27. The fourth-order valence-corrected chi connectivity index (χ4v) is 8.58. The molecule has 4 saturated carbocycles. The van der Waals surface area contributed by atoms with Gasteiger partial charge < -0.3 is 9.84 Å². The molecule has 0 aromatic carbocycles. The molecular weight excluding hydrogens is 378 g/mol. The van der Waals surface area contributed by atoms with E-state index in [0.29, 0.717) is 37.4 Å². The molecule has 4 fully saturated rings. The zero-order chi connectivity index (χ0) is 20.9. The van der Waals surface area contributed by atoms with Crippen molar-refractivity contribution >= 4 is 12.1 Å². The van der Waals surface area contributed by atoms with Gasteiger partial charge in [0.2, 0.25) is 0 Å². The number of carbonyl (C=O) groups excluding carboxylic acids is 1. The number of nitrogens with zero attached hydrogens (tertiary/aromatic N) is 2. The Morgan fingerprint density at radius 2 is 2.00 bits per heavy atom. The summed E-state index contributed by atoms with van der Waals surface area (Å²) in [5.41, 5.74) is 2.72. The molecule has 6 nitrogen and oxygen atoms in total. The number of methoxy groups -OCH3 is 1. The molecular formula is C24H39N3O3. The van der Waals surface area contributed by atoms with E-state index in [2.05, 4.69) is 17.3 Å². The van der Waals surface area contributed by atoms with Gasteiger partial charge in [0.25, 0.3) is 0 Å². The number of Topliss-reactive ketones (excluding diaryl/α,β-unsaturated/α-hetero) is 1. The van der Waals surface area contributed by atoms with Crippen LogP contribution >= 0.6 is 0 Å². The first-order valence-corrected chi connectivity index (χ1v) is 12.2. The Morgan fingerprint density at radius 1 is 1.17 bits per heavy atom. The molecule has 0 aromatic heterocycles. The van der Waals surface area contributed by atoms with Crippen LogP contribution in [0, 0.1) is 40.9 Å². The number of aliphatic imine (C=N–C) groups is 1. The second-order valence-corrected chi connectivity index (χ2v) is 11.2. The van der Waals surface area contributed by atoms with Gasteiger partial charge in [0.1, 0.15) is 13.0 Å². The molecule has 0 unspecified atom stereocenters. The van der Waals surface area contributed by atoms with Crippen LogP contribution in [0.25, 0.3) is 0 Å². The Morgan fingerprint density at radius 3 is 2.77 bits per heavy atom. The number of nitrogens with one attached hydrogen (secondary N) is 1. The number of carbonyl (C=O) groups is 1. The van der Waals surface area contributed by atoms with Crippen molar-refractivity contribution in [3.05, 3.63) is 0 Å². The molecule has 2 N–H and O–H groups in total. The molecule has 0 amide bonds. The van der Waals surface area contributed by atoms with Gasteiger partial charge in [-0.25, -0.2) is 5.43 Å². The molecule has 1 heterocycles. The van der Waals surface area contributed by atoms with Crippen molar-refractivity contribution in [2.24, 2.45) is 45.9 Å². The van der Waals surface area contributed by atoms with Crippen LogP contribution in [-0.2, 0) is 9.53 Å². The zero-order valence-electron chi connectivity index (χ0n) is 18.7. The fraction of sp³-hybridized carbons (Fsp3) is 0.917. The van der Waals surface area contributed by atoms with Gasteiger partial charge in [-0.15, -0.1) is 0 Å². The molecule has 0 bridgehead atoms. The van der Waals surface area contributed by atoms with Gasteiger partial charge in [-0.2, -0.15) is 0 Å². The number of ketones is 1. The van der Waals surface area contributed by atoms with Crippen molar-refractivity contribution in [2.45, 2.75) is 70.3 Å². The molecule has 30 heavy (non-hydrogen) atoms. The lowest BCUT2D eigenvalue weighted by atomic mass is 9.49. The van der Waals surface area contributed by atoms with Crippen molar-refractivity contribution < 1.29 is 14.6 Å². The first kappa shape index (κ1) is 20.9. The number of aliphatic hydroxyl groups is 1. The van der Waals surface area contributed by atoms with Gasteiger partial charge >= 0.3 is 0 Å². The lowest BCUT2D eigenvalue weighted by molar-refractivity contribution is -0.136. The number of hydrazine groups is 1. The zero-order valence-corrected chi connectivity index (χ0v) is 18.7. The summed E-state index contributed by atoms with van der Waals surface area (Å²) < 4.78 is 5.32. The summed E-state index contributed by atoms with van der Waals surface area (Å²) in [7, 11) is 1.70. The second-order valence-electron chi connectivity index (χ2n) is 11.2. The predicted molar refractivity (Wildman–Crippen MR) is 116 cm³/mol. The summed E-state index contributed by atoms with van der Waals surface area (Å²) in [6.45, 7) is 3.95. The third kappa shape index (κ3) is 3.43. The number of ether oxygens (including phenoxy) is 1. The topological polar surface area (TPSA) is 74.2 Å². The largest absolute Gasteiger partial charge is 0.387 e. The van der Waals surface area contributed by atoms with Crippen LogP contribution in [0.5, 0.6) is 0 Å². The monoisotopic (exact) mass is 417 g/mol. The maximum absolute atomic E-state index is 13.2. The smallest absolute Gasteiger partial charge is 0.157 e. The molecule has 0 aromatic rings. The van der Waals surface area contributed by atoms with Crippen molar-refractivity contribution in [1.82, 2.24) is 10.4 Å². The lowest BCUT2D eigenvalue weighted by Gasteiger charge is -2.57. The van der Waals surface area contributed by atoms with Gasteiger partial charge in [0.15, 0.2) is 5.78 Å². The van der Waals surface area contributed by atoms with Crippen molar-refractivity contribution in [3.8, 4) is 0 Å². The van der Waals surface area contributed by atoms with Crippen LogP contribution in [0.15, 0.2) is 4.99 Å². The summed E-state index contributed by atoms with van der Waals surface area (Å²) in [6.07, 6.45) is 12.0. The molecule has 1 aliphatic heterocycles. The van der Waals surface area contributed by atoms with Crippen LogP contribution < -0.4 is 5.43 Å². The minimum absolute atomic E-state index is 0.174. The Hall–Kier alpha value is -0.980. The van der Waals surface area contributed by atoms with Crippen LogP contribution in [0.4, 0.5) is 0 Å². The molecule has 168 valence electrons. The molecule has 0 saturated heterocycles. The number of fused-ring (bicyclic) bond motifs is 5. The standard InChI is InChI=1S/C24H39N3O3/c1-23-9-7-18-17-8-10-24(29,13-30-2)11-16(17)3-4-19(18)20(23)5-6-21(23)22(28)12-27-15-25-14-26-27/h15-21,26,29H,3-14H2,1-2H3/t16-,17+,18-,19-,20+,21-,23+,24-/m1/s1. The minimum atomic E-state index is -0.607. The van der Waals surface area contributed by atoms with E-state index in [9.17, 15) is 9.90 Å². The molecule has 8 atom stereocenters. The number of rotatable bonds is 5. The number of hydrogen-bond acceptors (Lipinski definition) is 6. The highest BCUT2D eigenvalue weighted by atomic mass is 16.5. The first-order valence-electron chi connectivity index (χ1n) is 12.2. The lowest BCUT2D eigenvalue weighted by Crippen LogP contribution is -2.52. The predicted octanol–water partition coefficient (Wildman–Crippen LogP) is 3.01. The molecule has 5 aliphatic rings. The van der Waals surface area contributed by atoms with Gasteiger partial charge in [-0.1, -0.05) is 6.92 Å². The van der Waals surface area contributed by atoms with Crippen LogP contribution in [0.3, 0.4) is 0 Å². The van der Waals surface area contributed by atoms with E-state index in [1.807, 2.05) is 5.01 Å². The third-order valence-corrected chi connectivity index (χ3v) is 9.82. The minimum Gasteiger partial charge on any atom is -0.387 e. The van der Waals surface area contributed by atoms with Crippen LogP contribution in [0.2, 0.25) is 0 Å². The van der Waals surface area contributed by atoms with Gasteiger partial charge in [-0.05, 0) is 92.8 Å². The number of hydrogen-bond donors (Lipinski definition) is 2. The van der Waals surface area contributed by atoms with E-state index < -0.39 is 5.60 Å². The van der Waals surface area contributed by atoms with E-state index in [1.54, 1.807) is 13.4 Å². The second kappa shape index (κ2) is 7.86. The molecule has 6 heteroatoms. The maximum Gasteiger partial charge on any atom is 0.157 e. The van der Waals surface area contributed by atoms with Gasteiger partial charge in [-0.3, -0.25) is 14.8 Å². The summed E-state index contributed by atoms with van der Waals surface area (Å²) in [5.74, 6) is 4.31. The SMILES string of the molecule is COC[C@@]1(O)CC[C@H]2[C@H](CC[C@@H]3[C@@H]2CC[C@]2(C)[C@@H](C(=O)CN4C=NCN4)CC[C@@H]32)C1. The average molecular weight is 418 g/mol. The van der Waals surface area contributed by atoms with Crippen molar-refractivity contribution in [1.29, 1.82) is 0 Å². The van der Waals surface area contributed by atoms with Gasteiger partial charge in [0, 0.05) is 13.0 Å². The summed E-state index contributed by atoms with van der Waals surface area (Å²) >= 11 is 0. The normalized spacial score (nSPS) is 47.6. The Labute approximate surface area is 180 Å². The van der Waals surface area contributed by atoms with Crippen molar-refractivity contribution in [2.75, 3.05) is 26.9 Å². The average Bonchev–Trinajstić information content (AvgIpc) is 3.34. The summed E-state index contributed by atoms with van der Waals surface area (Å²) in [4.78, 5) is 17.4. The van der Waals surface area contributed by atoms with E-state index in [-0.39, 0.29) is 11.3 Å². The van der Waals surface area contributed by atoms with E-state index in [4.69, 9.17) is 4.74 Å². The fourth-order valence-electron chi connectivity index (χ4n) is 8.58. The molecule has 5 rings (SSSR count). The van der Waals surface area contributed by atoms with Crippen molar-refractivity contribution in [3.63, 3.8) is 0 Å². The highest BCUT2D eigenvalue weighted by molar-refractivity contribution is 5.85. The van der Waals surface area contributed by atoms with E-state index in [0.717, 1.165) is 43.4 Å². The third-order valence-electron chi connectivity index (χ3n) is 9.82. The van der Waals surface area contributed by atoms with Crippen LogP contribution in [-0.4, -0.2) is 54.8 Å². The highest BCUT2D eigenvalue weighted by Crippen LogP contribution is 2.64. The molecule has 0 spiro atoms. The Kier molecular flexibility index (Phi) is 5.47. The molecule has 0 radical (unpaired) electrons. The Bertz CT molecular complexity index is 699. The molecule has 4 aliphatic carbocycles. The van der Waals surface area contributed by atoms with Gasteiger partial charge in [0.05, 0.1) is 18.8 Å². The maximum atomic E-state index is 13.2. The first-order chi connectivity index (χ1) is 14.4.